The number of ether oxygens (including phenoxy) is 6. The van der Waals surface area contributed by atoms with Gasteiger partial charge >= 0.3 is 0 Å². The molecule has 7 heteroatoms. The predicted molar refractivity (Wildman–Crippen MR) is 179 cm³/mol. The van der Waals surface area contributed by atoms with E-state index in [1.54, 1.807) is 0 Å². The molecule has 0 fully saturated rings. The van der Waals surface area contributed by atoms with E-state index >= 15 is 0 Å². The Morgan fingerprint density at radius 3 is 0.705 bits per heavy atom. The van der Waals surface area contributed by atoms with Gasteiger partial charge in [-0.1, -0.05) is 0 Å². The van der Waals surface area contributed by atoms with Crippen molar-refractivity contribution < 1.29 is 33.5 Å². The molecule has 0 aromatic heterocycles. The highest BCUT2D eigenvalue weighted by molar-refractivity contribution is 5.60. The molecule has 2 aromatic rings. The number of hydrogen-bond donors (Lipinski definition) is 1. The maximum absolute atomic E-state index is 12.5. The van der Waals surface area contributed by atoms with E-state index in [0.29, 0.717) is 45.6 Å². The molecule has 0 radical (unpaired) electrons. The Morgan fingerprint density at radius 2 is 0.545 bits per heavy atom. The summed E-state index contributed by atoms with van der Waals surface area (Å²) in [6.07, 6.45) is -1.27. The van der Waals surface area contributed by atoms with Crippen LogP contribution in [0, 0.1) is 0 Å². The minimum atomic E-state index is -1.27. The molecule has 7 nitrogen and oxygen atoms in total. The summed E-state index contributed by atoms with van der Waals surface area (Å²) in [6.45, 7) is 35.5. The van der Waals surface area contributed by atoms with Crippen LogP contribution in [0.2, 0.25) is 0 Å². The first kappa shape index (κ1) is 37.4. The van der Waals surface area contributed by atoms with Crippen LogP contribution in [0.4, 0.5) is 0 Å². The SMILES string of the molecule is CC(C)(C)Oc1cc(OC(C)(C)C)c(C(O)c2c(OC(C)(C)C)cc(OC(C)(C)C)cc2OC(C)(C)C)c(OC(C)(C)C)c1. The van der Waals surface area contributed by atoms with Gasteiger partial charge in [-0.15, -0.1) is 0 Å². The molecule has 0 saturated carbocycles. The molecule has 0 aliphatic carbocycles. The van der Waals surface area contributed by atoms with Crippen molar-refractivity contribution in [3.63, 3.8) is 0 Å². The van der Waals surface area contributed by atoms with Crippen LogP contribution in [0.5, 0.6) is 34.5 Å². The molecule has 0 bridgehead atoms. The van der Waals surface area contributed by atoms with Gasteiger partial charge in [-0.3, -0.25) is 0 Å². The molecule has 0 aliphatic heterocycles. The molecule has 1 N–H and O–H groups in total. The minimum Gasteiger partial charge on any atom is -0.488 e. The predicted octanol–water partition coefficient (Wildman–Crippen LogP) is 9.83. The number of aliphatic hydroxyl groups is 1. The summed E-state index contributed by atoms with van der Waals surface area (Å²) in [4.78, 5) is 0. The number of rotatable bonds is 8. The lowest BCUT2D eigenvalue weighted by Gasteiger charge is -2.33. The maximum atomic E-state index is 12.5. The van der Waals surface area contributed by atoms with Gasteiger partial charge in [0, 0.05) is 24.3 Å². The van der Waals surface area contributed by atoms with Gasteiger partial charge in [0.05, 0.1) is 11.1 Å². The van der Waals surface area contributed by atoms with Crippen molar-refractivity contribution in [3.05, 3.63) is 35.4 Å². The quantitative estimate of drug-likeness (QED) is 0.316. The highest BCUT2D eigenvalue weighted by Crippen LogP contribution is 2.50. The first-order chi connectivity index (χ1) is 19.4. The normalized spacial score (nSPS) is 13.5. The zero-order valence-electron chi connectivity index (χ0n) is 30.8. The van der Waals surface area contributed by atoms with Gasteiger partial charge in [0.25, 0.3) is 0 Å². The van der Waals surface area contributed by atoms with E-state index in [4.69, 9.17) is 28.4 Å². The Balaban J connectivity index is 3.07. The zero-order chi connectivity index (χ0) is 34.3. The lowest BCUT2D eigenvalue weighted by molar-refractivity contribution is 0.0925. The van der Waals surface area contributed by atoms with Gasteiger partial charge < -0.3 is 33.5 Å². The van der Waals surface area contributed by atoms with Crippen molar-refractivity contribution >= 4 is 0 Å². The molecule has 0 aliphatic rings. The third kappa shape index (κ3) is 12.7. The molecule has 2 rings (SSSR count). The first-order valence-electron chi connectivity index (χ1n) is 15.6. The van der Waals surface area contributed by atoms with Crippen LogP contribution >= 0.6 is 0 Å². The van der Waals surface area contributed by atoms with E-state index < -0.39 is 39.7 Å². The van der Waals surface area contributed by atoms with Crippen LogP contribution < -0.4 is 28.4 Å². The average molecular weight is 617 g/mol. The fraction of sp³-hybridized carbons (Fsp3) is 0.676. The third-order valence-electron chi connectivity index (χ3n) is 5.21. The standard InChI is InChI=1S/C37H60O7/c1-32(2,3)39-23-19-25(41-34(7,8)9)29(26(20-23)42-35(10,11)12)31(38)30-27(43-36(13,14)15)21-24(40-33(4,5)6)22-28(30)44-37(16,17)18/h19-22,31,38H,1-18H3. The summed E-state index contributed by atoms with van der Waals surface area (Å²) < 4.78 is 38.7. The van der Waals surface area contributed by atoms with Gasteiger partial charge in [0.1, 0.15) is 74.2 Å². The van der Waals surface area contributed by atoms with Crippen LogP contribution in [0.25, 0.3) is 0 Å². The zero-order valence-corrected chi connectivity index (χ0v) is 30.8. The topological polar surface area (TPSA) is 75.6 Å². The van der Waals surface area contributed by atoms with Crippen LogP contribution in [0.3, 0.4) is 0 Å². The largest absolute Gasteiger partial charge is 0.488 e. The lowest BCUT2D eigenvalue weighted by Crippen LogP contribution is -2.29. The Kier molecular flexibility index (Phi) is 10.7. The third-order valence-corrected chi connectivity index (χ3v) is 5.21. The molecule has 0 spiro atoms. The van der Waals surface area contributed by atoms with Gasteiger partial charge in [-0.25, -0.2) is 0 Å². The monoisotopic (exact) mass is 616 g/mol. The Bertz CT molecular complexity index is 1090. The van der Waals surface area contributed by atoms with Crippen molar-refractivity contribution in [1.29, 1.82) is 0 Å². The maximum Gasteiger partial charge on any atom is 0.133 e. The highest BCUT2D eigenvalue weighted by atomic mass is 16.5. The molecule has 0 amide bonds. The molecule has 44 heavy (non-hydrogen) atoms. The van der Waals surface area contributed by atoms with Crippen molar-refractivity contribution in [3.8, 4) is 34.5 Å². The van der Waals surface area contributed by atoms with Crippen LogP contribution in [0.15, 0.2) is 24.3 Å². The van der Waals surface area contributed by atoms with Gasteiger partial charge in [0.15, 0.2) is 0 Å². The molecule has 250 valence electrons. The average Bonchev–Trinajstić information content (AvgIpc) is 2.65. The van der Waals surface area contributed by atoms with Crippen molar-refractivity contribution in [1.82, 2.24) is 0 Å². The van der Waals surface area contributed by atoms with Crippen LogP contribution in [-0.4, -0.2) is 38.7 Å². The Hall–Kier alpha value is -2.80. The summed E-state index contributed by atoms with van der Waals surface area (Å²) in [6, 6.07) is 7.26. The van der Waals surface area contributed by atoms with E-state index in [9.17, 15) is 5.11 Å². The molecule has 0 atom stereocenters. The number of benzene rings is 2. The van der Waals surface area contributed by atoms with Crippen molar-refractivity contribution in [2.45, 2.75) is 164 Å². The highest BCUT2D eigenvalue weighted by Gasteiger charge is 2.34. The first-order valence-corrected chi connectivity index (χ1v) is 15.6. The fourth-order valence-corrected chi connectivity index (χ4v) is 4.32. The molecular weight excluding hydrogens is 556 g/mol. The number of aliphatic hydroxyl groups excluding tert-OH is 1. The van der Waals surface area contributed by atoms with Gasteiger partial charge in [-0.2, -0.15) is 0 Å². The van der Waals surface area contributed by atoms with Crippen molar-refractivity contribution in [2.75, 3.05) is 0 Å². The molecular formula is C37H60O7. The van der Waals surface area contributed by atoms with Crippen LogP contribution in [-0.2, 0) is 0 Å². The van der Waals surface area contributed by atoms with E-state index in [1.165, 1.54) is 0 Å². The lowest BCUT2D eigenvalue weighted by atomic mass is 9.95. The Morgan fingerprint density at radius 1 is 0.364 bits per heavy atom. The molecule has 0 unspecified atom stereocenters. The van der Waals surface area contributed by atoms with Gasteiger partial charge in [0.2, 0.25) is 0 Å². The Labute approximate surface area is 267 Å². The summed E-state index contributed by atoms with van der Waals surface area (Å²) >= 11 is 0. The molecule has 2 aromatic carbocycles. The summed E-state index contributed by atoms with van der Waals surface area (Å²) in [5.74, 6) is 2.87. The second kappa shape index (κ2) is 12.5. The van der Waals surface area contributed by atoms with Gasteiger partial charge in [-0.05, 0) is 125 Å². The van der Waals surface area contributed by atoms with E-state index in [-0.39, 0.29) is 0 Å². The smallest absolute Gasteiger partial charge is 0.133 e. The van der Waals surface area contributed by atoms with E-state index in [0.717, 1.165) is 0 Å². The second-order valence-corrected chi connectivity index (χ2v) is 17.4. The van der Waals surface area contributed by atoms with E-state index in [2.05, 4.69) is 0 Å². The number of hydrogen-bond acceptors (Lipinski definition) is 7. The summed E-state index contributed by atoms with van der Waals surface area (Å²) in [5.41, 5.74) is -2.41. The molecule has 0 heterocycles. The summed E-state index contributed by atoms with van der Waals surface area (Å²) in [7, 11) is 0. The second-order valence-electron chi connectivity index (χ2n) is 17.4. The van der Waals surface area contributed by atoms with E-state index in [1.807, 2.05) is 149 Å². The minimum absolute atomic E-state index is 0.435. The molecule has 0 saturated heterocycles. The van der Waals surface area contributed by atoms with Crippen LogP contribution in [0.1, 0.15) is 142 Å². The fourth-order valence-electron chi connectivity index (χ4n) is 4.32. The van der Waals surface area contributed by atoms with Crippen molar-refractivity contribution in [2.24, 2.45) is 0 Å². The summed E-state index contributed by atoms with van der Waals surface area (Å²) in [5, 5.41) is 12.5.